The van der Waals surface area contributed by atoms with Crippen molar-refractivity contribution in [1.82, 2.24) is 19.9 Å². The van der Waals surface area contributed by atoms with Gasteiger partial charge in [0.15, 0.2) is 11.5 Å². The topological polar surface area (TPSA) is 98.2 Å². The largest absolute Gasteiger partial charge is 0.454 e. The van der Waals surface area contributed by atoms with E-state index in [2.05, 4.69) is 21.4 Å². The number of nitrogens with zero attached hydrogens (tertiary/aromatic N) is 2. The maximum atomic E-state index is 12.5. The van der Waals surface area contributed by atoms with Gasteiger partial charge in [0, 0.05) is 35.3 Å². The number of amides is 1. The number of fused-ring (bicyclic) bond motifs is 2. The fraction of sp³-hybridized carbons (Fsp3) is 0.174. The molecule has 31 heavy (non-hydrogen) atoms. The lowest BCUT2D eigenvalue weighted by molar-refractivity contribution is -0.121. The summed E-state index contributed by atoms with van der Waals surface area (Å²) in [6, 6.07) is 14.8. The minimum atomic E-state index is -0.297. The lowest BCUT2D eigenvalue weighted by atomic mass is 10.1. The van der Waals surface area contributed by atoms with Crippen LogP contribution in [-0.4, -0.2) is 33.8 Å². The van der Waals surface area contributed by atoms with Gasteiger partial charge >= 0.3 is 0 Å². The van der Waals surface area contributed by atoms with Crippen LogP contribution in [0.3, 0.4) is 0 Å². The van der Waals surface area contributed by atoms with E-state index in [-0.39, 0.29) is 24.8 Å². The van der Waals surface area contributed by atoms with Crippen LogP contribution >= 0.6 is 0 Å². The summed E-state index contributed by atoms with van der Waals surface area (Å²) >= 11 is 0. The highest BCUT2D eigenvalue weighted by molar-refractivity contribution is 5.83. The minimum Gasteiger partial charge on any atom is -0.454 e. The average molecular weight is 416 g/mol. The number of carbonyl (C=O) groups excluding carboxylic acids is 1. The molecule has 0 saturated heterocycles. The molecule has 0 saturated carbocycles. The zero-order valence-electron chi connectivity index (χ0n) is 16.6. The van der Waals surface area contributed by atoms with Crippen molar-refractivity contribution >= 4 is 16.8 Å². The molecule has 3 heterocycles. The summed E-state index contributed by atoms with van der Waals surface area (Å²) in [6.07, 6.45) is 4.05. The third-order valence-corrected chi connectivity index (χ3v) is 5.25. The van der Waals surface area contributed by atoms with Gasteiger partial charge in [-0.2, -0.15) is 0 Å². The predicted molar refractivity (Wildman–Crippen MR) is 115 cm³/mol. The number of aromatic amines is 1. The molecular formula is C23H20N4O4. The van der Waals surface area contributed by atoms with Crippen LogP contribution in [0.1, 0.15) is 5.56 Å². The summed E-state index contributed by atoms with van der Waals surface area (Å²) in [5, 5.41) is 4.01. The van der Waals surface area contributed by atoms with Crippen molar-refractivity contribution in [2.45, 2.75) is 13.0 Å². The molecule has 0 unspecified atom stereocenters. The van der Waals surface area contributed by atoms with Crippen molar-refractivity contribution in [1.29, 1.82) is 0 Å². The molecule has 4 aromatic rings. The average Bonchev–Trinajstić information content (AvgIpc) is 3.42. The van der Waals surface area contributed by atoms with Gasteiger partial charge in [-0.05, 0) is 36.2 Å². The van der Waals surface area contributed by atoms with E-state index in [1.807, 2.05) is 30.5 Å². The highest BCUT2D eigenvalue weighted by Crippen LogP contribution is 2.35. The molecular weight excluding hydrogens is 396 g/mol. The Hall–Kier alpha value is -4.07. The number of hydrogen-bond donors (Lipinski definition) is 2. The Bertz CT molecular complexity index is 1320. The van der Waals surface area contributed by atoms with Crippen molar-refractivity contribution in [2.24, 2.45) is 0 Å². The van der Waals surface area contributed by atoms with Gasteiger partial charge in [0.05, 0.1) is 12.0 Å². The number of benzene rings is 2. The molecule has 0 aliphatic carbocycles. The lowest BCUT2D eigenvalue weighted by Gasteiger charge is -2.08. The van der Waals surface area contributed by atoms with Crippen LogP contribution in [0, 0.1) is 0 Å². The number of nitrogens with one attached hydrogen (secondary N) is 2. The first kappa shape index (κ1) is 18.9. The molecule has 0 spiro atoms. The van der Waals surface area contributed by atoms with Crippen molar-refractivity contribution < 1.29 is 14.3 Å². The molecule has 2 N–H and O–H groups in total. The summed E-state index contributed by atoms with van der Waals surface area (Å²) in [4.78, 5) is 32.3. The second-order valence-corrected chi connectivity index (χ2v) is 7.27. The van der Waals surface area contributed by atoms with Crippen molar-refractivity contribution in [3.05, 3.63) is 77.0 Å². The lowest BCUT2D eigenvalue weighted by Crippen LogP contribution is -2.33. The highest BCUT2D eigenvalue weighted by atomic mass is 16.7. The molecule has 1 aliphatic heterocycles. The predicted octanol–water partition coefficient (Wildman–Crippen LogP) is 2.48. The fourth-order valence-corrected chi connectivity index (χ4v) is 3.64. The molecule has 8 heteroatoms. The number of H-pyrrole nitrogens is 1. The SMILES string of the molecule is O=C(Cn1cnc(-c2ccc3c(c2)OCO3)cc1=O)NCCc1c[nH]c2ccccc12. The van der Waals surface area contributed by atoms with Gasteiger partial charge in [-0.25, -0.2) is 4.98 Å². The first-order chi connectivity index (χ1) is 15.2. The molecule has 0 radical (unpaired) electrons. The number of aromatic nitrogens is 3. The van der Waals surface area contributed by atoms with Crippen LogP contribution in [0.2, 0.25) is 0 Å². The van der Waals surface area contributed by atoms with Crippen LogP contribution in [0.5, 0.6) is 11.5 Å². The normalized spacial score (nSPS) is 12.3. The van der Waals surface area contributed by atoms with E-state index in [9.17, 15) is 9.59 Å². The first-order valence-electron chi connectivity index (χ1n) is 9.95. The zero-order chi connectivity index (χ0) is 21.2. The Morgan fingerprint density at radius 3 is 2.90 bits per heavy atom. The number of ether oxygens (including phenoxy) is 2. The van der Waals surface area contributed by atoms with E-state index in [1.165, 1.54) is 17.0 Å². The van der Waals surface area contributed by atoms with Crippen LogP contribution in [0.4, 0.5) is 0 Å². The van der Waals surface area contributed by atoms with Gasteiger partial charge in [-0.1, -0.05) is 18.2 Å². The standard InChI is InChI=1S/C23H20N4O4/c28-22(24-8-7-16-11-25-18-4-2-1-3-17(16)18)12-27-13-26-19(10-23(27)29)15-5-6-20-21(9-15)31-14-30-20/h1-6,9-11,13,25H,7-8,12,14H2,(H,24,28). The monoisotopic (exact) mass is 416 g/mol. The minimum absolute atomic E-state index is 0.0822. The van der Waals surface area contributed by atoms with Crippen molar-refractivity contribution in [3.8, 4) is 22.8 Å². The Morgan fingerprint density at radius 2 is 2.00 bits per heavy atom. The summed E-state index contributed by atoms with van der Waals surface area (Å²) < 4.78 is 12.0. The van der Waals surface area contributed by atoms with Crippen LogP contribution in [0.15, 0.2) is 65.8 Å². The van der Waals surface area contributed by atoms with Gasteiger partial charge < -0.3 is 19.8 Å². The Kier molecular flexibility index (Phi) is 4.87. The Balaban J connectivity index is 1.21. The zero-order valence-corrected chi connectivity index (χ0v) is 16.6. The smallest absolute Gasteiger partial charge is 0.254 e. The summed E-state index contributed by atoms with van der Waals surface area (Å²) in [7, 11) is 0. The molecule has 1 amide bonds. The van der Waals surface area contributed by atoms with E-state index < -0.39 is 0 Å². The molecule has 0 atom stereocenters. The molecule has 5 rings (SSSR count). The molecule has 2 aromatic heterocycles. The van der Waals surface area contributed by atoms with E-state index in [0.717, 1.165) is 22.0 Å². The summed E-state index contributed by atoms with van der Waals surface area (Å²) in [6.45, 7) is 0.586. The third kappa shape index (κ3) is 3.87. The molecule has 2 aromatic carbocycles. The second kappa shape index (κ2) is 7.98. The second-order valence-electron chi connectivity index (χ2n) is 7.27. The number of para-hydroxylation sites is 1. The van der Waals surface area contributed by atoms with Crippen molar-refractivity contribution in [3.63, 3.8) is 0 Å². The Morgan fingerprint density at radius 1 is 1.13 bits per heavy atom. The van der Waals surface area contributed by atoms with Gasteiger partial charge in [-0.3, -0.25) is 14.2 Å². The molecule has 156 valence electrons. The Labute approximate surface area is 177 Å². The van der Waals surface area contributed by atoms with Crippen LogP contribution < -0.4 is 20.3 Å². The van der Waals surface area contributed by atoms with E-state index >= 15 is 0 Å². The van der Waals surface area contributed by atoms with Crippen molar-refractivity contribution in [2.75, 3.05) is 13.3 Å². The maximum Gasteiger partial charge on any atom is 0.254 e. The first-order valence-corrected chi connectivity index (χ1v) is 9.95. The molecule has 0 bridgehead atoms. The number of carbonyl (C=O) groups is 1. The quantitative estimate of drug-likeness (QED) is 0.503. The summed E-state index contributed by atoms with van der Waals surface area (Å²) in [5.41, 5.74) is 3.18. The molecule has 0 fully saturated rings. The van der Waals surface area contributed by atoms with E-state index in [1.54, 1.807) is 12.1 Å². The van der Waals surface area contributed by atoms with Crippen LogP contribution in [0.25, 0.3) is 22.2 Å². The fourth-order valence-electron chi connectivity index (χ4n) is 3.64. The van der Waals surface area contributed by atoms with Gasteiger partial charge in [0.1, 0.15) is 6.54 Å². The number of rotatable bonds is 6. The van der Waals surface area contributed by atoms with Crippen LogP contribution in [-0.2, 0) is 17.8 Å². The van der Waals surface area contributed by atoms with E-state index in [4.69, 9.17) is 9.47 Å². The third-order valence-electron chi connectivity index (χ3n) is 5.25. The van der Waals surface area contributed by atoms with Gasteiger partial charge in [-0.15, -0.1) is 0 Å². The highest BCUT2D eigenvalue weighted by Gasteiger charge is 2.15. The number of hydrogen-bond acceptors (Lipinski definition) is 5. The maximum absolute atomic E-state index is 12.5. The molecule has 8 nitrogen and oxygen atoms in total. The van der Waals surface area contributed by atoms with Gasteiger partial charge in [0.2, 0.25) is 12.7 Å². The summed E-state index contributed by atoms with van der Waals surface area (Å²) in [5.74, 6) is 1.05. The van der Waals surface area contributed by atoms with Gasteiger partial charge in [0.25, 0.3) is 5.56 Å². The molecule has 1 aliphatic rings. The van der Waals surface area contributed by atoms with E-state index in [0.29, 0.717) is 30.2 Å².